The van der Waals surface area contributed by atoms with Gasteiger partial charge >= 0.3 is 0 Å². The van der Waals surface area contributed by atoms with Gasteiger partial charge in [0.2, 0.25) is 5.89 Å². The molecule has 0 radical (unpaired) electrons. The van der Waals surface area contributed by atoms with Crippen molar-refractivity contribution in [2.75, 3.05) is 32.7 Å². The number of oxazole rings is 1. The van der Waals surface area contributed by atoms with E-state index in [1.807, 2.05) is 19.1 Å². The molecule has 3 heterocycles. The van der Waals surface area contributed by atoms with Crippen molar-refractivity contribution in [3.05, 3.63) is 41.3 Å². The summed E-state index contributed by atoms with van der Waals surface area (Å²) in [4.78, 5) is 22.8. The van der Waals surface area contributed by atoms with E-state index >= 15 is 0 Å². The third-order valence-corrected chi connectivity index (χ3v) is 8.69. The first-order chi connectivity index (χ1) is 17.5. The first-order valence-corrected chi connectivity index (χ1v) is 14.5. The fourth-order valence-electron chi connectivity index (χ4n) is 6.17. The minimum atomic E-state index is 0.242. The third kappa shape index (κ3) is 7.07. The molecule has 0 bridgehead atoms. The second kappa shape index (κ2) is 13.0. The SMILES string of the molecule is CC[C@@H]1C[C@H](CC)CN(CCCCC(=O)C2CCN(Cc3nc(-c4ccccc4C)oc3C)CC2)C1. The summed E-state index contributed by atoms with van der Waals surface area (Å²) >= 11 is 0. The monoisotopic (exact) mass is 493 g/mol. The molecular formula is C31H47N3O2. The Kier molecular flexibility index (Phi) is 9.78. The van der Waals surface area contributed by atoms with Crippen LogP contribution in [-0.4, -0.2) is 53.3 Å². The lowest BCUT2D eigenvalue weighted by Crippen LogP contribution is -2.40. The highest BCUT2D eigenvalue weighted by Crippen LogP contribution is 2.28. The number of unbranched alkanes of at least 4 members (excludes halogenated alkanes) is 1. The van der Waals surface area contributed by atoms with E-state index in [9.17, 15) is 4.79 Å². The molecule has 0 unspecified atom stereocenters. The normalized spacial score (nSPS) is 22.2. The number of Topliss-reactive ketones (excluding diaryl/α,β-unsaturated/α-hetero) is 1. The number of aromatic nitrogens is 1. The zero-order valence-corrected chi connectivity index (χ0v) is 23.1. The van der Waals surface area contributed by atoms with Crippen molar-refractivity contribution in [2.45, 2.75) is 85.6 Å². The lowest BCUT2D eigenvalue weighted by Gasteiger charge is -2.37. The van der Waals surface area contributed by atoms with Gasteiger partial charge < -0.3 is 9.32 Å². The molecule has 2 saturated heterocycles. The number of piperidine rings is 2. The van der Waals surface area contributed by atoms with Crippen LogP contribution in [0.5, 0.6) is 0 Å². The number of hydrogen-bond donors (Lipinski definition) is 0. The Balaban J connectivity index is 1.17. The van der Waals surface area contributed by atoms with Crippen LogP contribution in [0.25, 0.3) is 11.5 Å². The highest BCUT2D eigenvalue weighted by Gasteiger charge is 2.27. The number of ketones is 1. The van der Waals surface area contributed by atoms with Gasteiger partial charge in [-0.15, -0.1) is 0 Å². The molecule has 5 nitrogen and oxygen atoms in total. The summed E-state index contributed by atoms with van der Waals surface area (Å²) in [7, 11) is 0. The second-order valence-corrected chi connectivity index (χ2v) is 11.4. The van der Waals surface area contributed by atoms with Crippen LogP contribution in [0.4, 0.5) is 0 Å². The molecule has 2 atom stereocenters. The molecule has 1 aromatic heterocycles. The number of nitrogens with zero attached hydrogens (tertiary/aromatic N) is 3. The van der Waals surface area contributed by atoms with E-state index in [0.717, 1.165) is 80.6 Å². The van der Waals surface area contributed by atoms with Crippen molar-refractivity contribution in [1.29, 1.82) is 0 Å². The van der Waals surface area contributed by atoms with Crippen LogP contribution in [0.2, 0.25) is 0 Å². The quantitative estimate of drug-likeness (QED) is 0.327. The Hall–Kier alpha value is -1.98. The average molecular weight is 494 g/mol. The number of carbonyl (C=O) groups excluding carboxylic acids is 1. The van der Waals surface area contributed by atoms with Gasteiger partial charge in [0.05, 0.1) is 5.69 Å². The van der Waals surface area contributed by atoms with Crippen molar-refractivity contribution in [3.8, 4) is 11.5 Å². The average Bonchev–Trinajstić information content (AvgIpc) is 3.26. The Morgan fingerprint density at radius 2 is 1.69 bits per heavy atom. The first kappa shape index (κ1) is 27.1. The Morgan fingerprint density at radius 3 is 2.36 bits per heavy atom. The molecule has 0 amide bonds. The minimum absolute atomic E-state index is 0.242. The molecule has 0 aliphatic carbocycles. The number of likely N-dealkylation sites (tertiary alicyclic amines) is 2. The van der Waals surface area contributed by atoms with Crippen molar-refractivity contribution in [3.63, 3.8) is 0 Å². The molecule has 36 heavy (non-hydrogen) atoms. The fourth-order valence-corrected chi connectivity index (χ4v) is 6.17. The predicted molar refractivity (Wildman–Crippen MR) is 147 cm³/mol. The maximum absolute atomic E-state index is 12.9. The van der Waals surface area contributed by atoms with Gasteiger partial charge in [0.1, 0.15) is 11.5 Å². The van der Waals surface area contributed by atoms with Crippen LogP contribution in [0.1, 0.15) is 82.2 Å². The predicted octanol–water partition coefficient (Wildman–Crippen LogP) is 6.67. The van der Waals surface area contributed by atoms with Crippen molar-refractivity contribution >= 4 is 5.78 Å². The van der Waals surface area contributed by atoms with Gasteiger partial charge in [0.15, 0.2) is 0 Å². The van der Waals surface area contributed by atoms with Crippen molar-refractivity contribution < 1.29 is 9.21 Å². The molecule has 0 saturated carbocycles. The van der Waals surface area contributed by atoms with Crippen LogP contribution in [0.15, 0.2) is 28.7 Å². The third-order valence-electron chi connectivity index (χ3n) is 8.69. The second-order valence-electron chi connectivity index (χ2n) is 11.4. The summed E-state index contributed by atoms with van der Waals surface area (Å²) in [6.07, 6.45) is 8.92. The maximum atomic E-state index is 12.9. The van der Waals surface area contributed by atoms with Crippen molar-refractivity contribution in [2.24, 2.45) is 17.8 Å². The maximum Gasteiger partial charge on any atom is 0.226 e. The summed E-state index contributed by atoms with van der Waals surface area (Å²) < 4.78 is 6.01. The molecule has 1 aromatic carbocycles. The smallest absolute Gasteiger partial charge is 0.226 e. The van der Waals surface area contributed by atoms with E-state index in [-0.39, 0.29) is 5.92 Å². The minimum Gasteiger partial charge on any atom is -0.441 e. The first-order valence-electron chi connectivity index (χ1n) is 14.5. The standard InChI is InChI=1S/C31H47N3O2/c1-5-25-19-26(6-2)21-34(20-25)16-10-9-13-30(35)27-14-17-33(18-15-27)22-29-24(4)36-31(32-29)28-12-8-7-11-23(28)3/h7-8,11-12,25-27H,5-6,9-10,13-22H2,1-4H3/t25-,26+. The van der Waals surface area contributed by atoms with Crippen LogP contribution >= 0.6 is 0 Å². The molecule has 2 fully saturated rings. The zero-order chi connectivity index (χ0) is 25.5. The number of benzene rings is 1. The van der Waals surface area contributed by atoms with Crippen LogP contribution in [-0.2, 0) is 11.3 Å². The number of rotatable bonds is 11. The van der Waals surface area contributed by atoms with E-state index in [4.69, 9.17) is 9.40 Å². The van der Waals surface area contributed by atoms with E-state index in [0.29, 0.717) is 11.7 Å². The summed E-state index contributed by atoms with van der Waals surface area (Å²) in [5, 5.41) is 0. The largest absolute Gasteiger partial charge is 0.441 e. The molecule has 2 aliphatic heterocycles. The highest BCUT2D eigenvalue weighted by molar-refractivity contribution is 5.81. The number of hydrogen-bond acceptors (Lipinski definition) is 5. The Morgan fingerprint density at radius 1 is 1.00 bits per heavy atom. The van der Waals surface area contributed by atoms with E-state index in [2.05, 4.69) is 42.7 Å². The lowest BCUT2D eigenvalue weighted by molar-refractivity contribution is -0.124. The topological polar surface area (TPSA) is 49.6 Å². The number of aryl methyl sites for hydroxylation is 2. The molecule has 2 aromatic rings. The van der Waals surface area contributed by atoms with Crippen LogP contribution < -0.4 is 0 Å². The molecule has 0 N–H and O–H groups in total. The molecular weight excluding hydrogens is 446 g/mol. The van der Waals surface area contributed by atoms with Gasteiger partial charge in [0, 0.05) is 37.5 Å². The summed E-state index contributed by atoms with van der Waals surface area (Å²) in [6.45, 7) is 15.2. The summed E-state index contributed by atoms with van der Waals surface area (Å²) in [5.41, 5.74) is 3.26. The molecule has 198 valence electrons. The van der Waals surface area contributed by atoms with E-state index < -0.39 is 0 Å². The van der Waals surface area contributed by atoms with E-state index in [1.165, 1.54) is 44.5 Å². The molecule has 5 heteroatoms. The van der Waals surface area contributed by atoms with E-state index in [1.54, 1.807) is 0 Å². The molecule has 2 aliphatic rings. The zero-order valence-electron chi connectivity index (χ0n) is 23.1. The summed E-state index contributed by atoms with van der Waals surface area (Å²) in [5.74, 6) is 4.08. The van der Waals surface area contributed by atoms with Crippen molar-refractivity contribution in [1.82, 2.24) is 14.8 Å². The molecule has 4 rings (SSSR count). The highest BCUT2D eigenvalue weighted by atomic mass is 16.4. The van der Waals surface area contributed by atoms with Gasteiger partial charge in [-0.1, -0.05) is 44.9 Å². The Bertz CT molecular complexity index is 964. The summed E-state index contributed by atoms with van der Waals surface area (Å²) in [6, 6.07) is 8.23. The van der Waals surface area contributed by atoms with Gasteiger partial charge in [-0.25, -0.2) is 4.98 Å². The van der Waals surface area contributed by atoms with Gasteiger partial charge in [0.25, 0.3) is 0 Å². The van der Waals surface area contributed by atoms with Crippen LogP contribution in [0.3, 0.4) is 0 Å². The molecule has 0 spiro atoms. The fraction of sp³-hybridized carbons (Fsp3) is 0.677. The number of carbonyl (C=O) groups is 1. The van der Waals surface area contributed by atoms with Gasteiger partial charge in [-0.05, 0) is 89.1 Å². The Labute approximate surface area is 218 Å². The van der Waals surface area contributed by atoms with Gasteiger partial charge in [-0.3, -0.25) is 9.69 Å². The lowest BCUT2D eigenvalue weighted by atomic mass is 9.86. The van der Waals surface area contributed by atoms with Gasteiger partial charge in [-0.2, -0.15) is 0 Å². The van der Waals surface area contributed by atoms with Crippen LogP contribution in [0, 0.1) is 31.6 Å².